The van der Waals surface area contributed by atoms with E-state index >= 15 is 0 Å². The number of primary amides is 2. The van der Waals surface area contributed by atoms with Crippen LogP contribution in [0.15, 0.2) is 24.3 Å². The lowest BCUT2D eigenvalue weighted by Gasteiger charge is -2.00. The molecule has 5 N–H and O–H groups in total. The van der Waals surface area contributed by atoms with Crippen LogP contribution in [0.3, 0.4) is 0 Å². The summed E-state index contributed by atoms with van der Waals surface area (Å²) in [5.74, 6) is -0.461. The lowest BCUT2D eigenvalue weighted by Crippen LogP contribution is -2.11. The number of aromatic hydroxyl groups is 1. The first-order valence-electron chi connectivity index (χ1n) is 4.74. The van der Waals surface area contributed by atoms with Gasteiger partial charge in [0.2, 0.25) is 11.8 Å². The molecule has 0 aromatic heterocycles. The summed E-state index contributed by atoms with van der Waals surface area (Å²) < 4.78 is 0. The van der Waals surface area contributed by atoms with Gasteiger partial charge in [-0.2, -0.15) is 0 Å². The molecular formula is C11H16N2O3. The summed E-state index contributed by atoms with van der Waals surface area (Å²) >= 11 is 0. The van der Waals surface area contributed by atoms with Crippen molar-refractivity contribution >= 4 is 11.8 Å². The number of phenols is 1. The monoisotopic (exact) mass is 224 g/mol. The van der Waals surface area contributed by atoms with Crippen LogP contribution < -0.4 is 11.5 Å². The van der Waals surface area contributed by atoms with Crippen molar-refractivity contribution in [2.75, 3.05) is 0 Å². The fraction of sp³-hybridized carbons (Fsp3) is 0.273. The third kappa shape index (κ3) is 7.37. The molecule has 0 saturated carbocycles. The number of aryl methyl sites for hydroxylation is 1. The van der Waals surface area contributed by atoms with Crippen molar-refractivity contribution in [1.82, 2.24) is 0 Å². The van der Waals surface area contributed by atoms with E-state index in [2.05, 4.69) is 5.73 Å². The maximum Gasteiger partial charge on any atom is 0.217 e. The molecule has 2 amide bonds. The van der Waals surface area contributed by atoms with Gasteiger partial charge in [0.25, 0.3) is 0 Å². The summed E-state index contributed by atoms with van der Waals surface area (Å²) in [6.07, 6.45) is 0.777. The molecule has 0 aliphatic heterocycles. The molecule has 5 nitrogen and oxygen atoms in total. The molecule has 1 aromatic carbocycles. The van der Waals surface area contributed by atoms with Gasteiger partial charge < -0.3 is 16.6 Å². The van der Waals surface area contributed by atoms with Crippen molar-refractivity contribution in [3.05, 3.63) is 29.8 Å². The predicted molar refractivity (Wildman–Crippen MR) is 60.5 cm³/mol. The van der Waals surface area contributed by atoms with E-state index in [4.69, 9.17) is 5.73 Å². The van der Waals surface area contributed by atoms with Crippen molar-refractivity contribution in [1.29, 1.82) is 0 Å². The van der Waals surface area contributed by atoms with E-state index in [1.165, 1.54) is 6.92 Å². The molecule has 16 heavy (non-hydrogen) atoms. The van der Waals surface area contributed by atoms with Gasteiger partial charge in [-0.15, -0.1) is 0 Å². The molecule has 0 radical (unpaired) electrons. The maximum atomic E-state index is 10.4. The Morgan fingerprint density at radius 1 is 1.25 bits per heavy atom. The summed E-state index contributed by atoms with van der Waals surface area (Å²) in [4.78, 5) is 19.6. The number of amides is 2. The topological polar surface area (TPSA) is 106 Å². The first kappa shape index (κ1) is 14.0. The van der Waals surface area contributed by atoms with Crippen molar-refractivity contribution < 1.29 is 14.7 Å². The summed E-state index contributed by atoms with van der Waals surface area (Å²) in [5, 5.41) is 9.27. The van der Waals surface area contributed by atoms with Crippen LogP contribution in [-0.4, -0.2) is 16.9 Å². The average molecular weight is 224 g/mol. The molecule has 0 atom stereocenters. The lowest BCUT2D eigenvalue weighted by molar-refractivity contribution is -0.118. The largest absolute Gasteiger partial charge is 0.508 e. The molecule has 0 saturated heterocycles. The Hall–Kier alpha value is -2.04. The number of hydrogen-bond donors (Lipinski definition) is 3. The second-order valence-electron chi connectivity index (χ2n) is 3.21. The van der Waals surface area contributed by atoms with E-state index in [0.29, 0.717) is 6.42 Å². The van der Waals surface area contributed by atoms with E-state index in [0.717, 1.165) is 5.56 Å². The van der Waals surface area contributed by atoms with Gasteiger partial charge in [-0.1, -0.05) is 18.2 Å². The van der Waals surface area contributed by atoms with E-state index in [-0.39, 0.29) is 24.0 Å². The smallest absolute Gasteiger partial charge is 0.217 e. The SMILES string of the molecule is CC(N)=O.NC(=O)CCc1ccccc1O. The second kappa shape index (κ2) is 7.28. The van der Waals surface area contributed by atoms with Crippen molar-refractivity contribution in [3.63, 3.8) is 0 Å². The normalized spacial score (nSPS) is 8.81. The van der Waals surface area contributed by atoms with Gasteiger partial charge in [0.1, 0.15) is 5.75 Å². The maximum absolute atomic E-state index is 10.4. The van der Waals surface area contributed by atoms with Crippen LogP contribution in [0, 0.1) is 0 Å². The van der Waals surface area contributed by atoms with Crippen LogP contribution in [0.5, 0.6) is 5.75 Å². The molecule has 1 rings (SSSR count). The van der Waals surface area contributed by atoms with E-state index in [1.807, 2.05) is 6.07 Å². The highest BCUT2D eigenvalue weighted by atomic mass is 16.3. The van der Waals surface area contributed by atoms with E-state index in [9.17, 15) is 14.7 Å². The number of carbonyl (C=O) groups is 2. The highest BCUT2D eigenvalue weighted by molar-refractivity contribution is 5.74. The molecule has 0 heterocycles. The standard InChI is InChI=1S/C9H11NO2.C2H5NO/c10-9(12)6-5-7-3-1-2-4-8(7)11;1-2(3)4/h1-4,11H,5-6H2,(H2,10,12);1H3,(H2,3,4). The van der Waals surface area contributed by atoms with Crippen molar-refractivity contribution in [2.45, 2.75) is 19.8 Å². The number of hydrogen-bond acceptors (Lipinski definition) is 3. The lowest BCUT2D eigenvalue weighted by atomic mass is 10.1. The molecule has 88 valence electrons. The summed E-state index contributed by atoms with van der Waals surface area (Å²) in [7, 11) is 0. The number of benzene rings is 1. The highest BCUT2D eigenvalue weighted by Gasteiger charge is 2.00. The molecule has 0 spiro atoms. The van der Waals surface area contributed by atoms with Gasteiger partial charge in [0, 0.05) is 13.3 Å². The average Bonchev–Trinajstić information content (AvgIpc) is 2.15. The third-order valence-corrected chi connectivity index (χ3v) is 1.63. The Kier molecular flexibility index (Phi) is 6.35. The van der Waals surface area contributed by atoms with Crippen LogP contribution in [-0.2, 0) is 16.0 Å². The summed E-state index contributed by atoms with van der Waals surface area (Å²) in [5.41, 5.74) is 10.2. The number of phenolic OH excluding ortho intramolecular Hbond substituents is 1. The predicted octanol–water partition coefficient (Wildman–Crippen LogP) is 0.302. The molecule has 1 aromatic rings. The number of rotatable bonds is 3. The van der Waals surface area contributed by atoms with Crippen LogP contribution in [0.4, 0.5) is 0 Å². The first-order valence-corrected chi connectivity index (χ1v) is 4.74. The Balaban J connectivity index is 0.000000487. The minimum Gasteiger partial charge on any atom is -0.508 e. The van der Waals surface area contributed by atoms with Gasteiger partial charge in [-0.3, -0.25) is 9.59 Å². The Labute approximate surface area is 94.1 Å². The molecule has 0 unspecified atom stereocenters. The van der Waals surface area contributed by atoms with Gasteiger partial charge in [0.05, 0.1) is 0 Å². The Morgan fingerprint density at radius 2 is 1.75 bits per heavy atom. The third-order valence-electron chi connectivity index (χ3n) is 1.63. The first-order chi connectivity index (χ1) is 7.43. The zero-order chi connectivity index (χ0) is 12.6. The molecular weight excluding hydrogens is 208 g/mol. The van der Waals surface area contributed by atoms with Crippen LogP contribution in [0.25, 0.3) is 0 Å². The summed E-state index contributed by atoms with van der Waals surface area (Å²) in [6, 6.07) is 6.92. The van der Waals surface area contributed by atoms with Gasteiger partial charge in [-0.05, 0) is 18.1 Å². The van der Waals surface area contributed by atoms with Gasteiger partial charge >= 0.3 is 0 Å². The molecule has 0 fully saturated rings. The number of para-hydroxylation sites is 1. The molecule has 0 aliphatic rings. The van der Waals surface area contributed by atoms with Gasteiger partial charge in [0.15, 0.2) is 0 Å². The van der Waals surface area contributed by atoms with E-state index in [1.54, 1.807) is 18.2 Å². The zero-order valence-electron chi connectivity index (χ0n) is 9.14. The highest BCUT2D eigenvalue weighted by Crippen LogP contribution is 2.16. The summed E-state index contributed by atoms with van der Waals surface area (Å²) in [6.45, 7) is 1.31. The molecule has 0 aliphatic carbocycles. The van der Waals surface area contributed by atoms with Crippen LogP contribution >= 0.6 is 0 Å². The number of carbonyl (C=O) groups excluding carboxylic acids is 2. The minimum atomic E-state index is -0.349. The number of nitrogens with two attached hydrogens (primary N) is 2. The van der Waals surface area contributed by atoms with Crippen molar-refractivity contribution in [3.8, 4) is 5.75 Å². The minimum absolute atomic E-state index is 0.221. The Bertz CT molecular complexity index is 360. The zero-order valence-corrected chi connectivity index (χ0v) is 9.14. The van der Waals surface area contributed by atoms with Gasteiger partial charge in [-0.25, -0.2) is 0 Å². The van der Waals surface area contributed by atoms with Crippen LogP contribution in [0.1, 0.15) is 18.9 Å². The van der Waals surface area contributed by atoms with Crippen molar-refractivity contribution in [2.24, 2.45) is 11.5 Å². The van der Waals surface area contributed by atoms with E-state index < -0.39 is 0 Å². The fourth-order valence-electron chi connectivity index (χ4n) is 0.980. The quantitative estimate of drug-likeness (QED) is 0.687. The fourth-order valence-corrected chi connectivity index (χ4v) is 0.980. The molecule has 5 heteroatoms. The Morgan fingerprint density at radius 3 is 2.19 bits per heavy atom. The van der Waals surface area contributed by atoms with Crippen LogP contribution in [0.2, 0.25) is 0 Å². The second-order valence-corrected chi connectivity index (χ2v) is 3.21. The molecule has 0 bridgehead atoms.